The lowest BCUT2D eigenvalue weighted by molar-refractivity contribution is -0.116. The minimum absolute atomic E-state index is 0.0369. The number of aryl methyl sites for hydroxylation is 2. The average Bonchev–Trinajstić information content (AvgIpc) is 3.19. The highest BCUT2D eigenvalue weighted by atomic mass is 32.1. The van der Waals surface area contributed by atoms with E-state index in [1.54, 1.807) is 12.4 Å². The second kappa shape index (κ2) is 8.80. The molecule has 3 rings (SSSR count). The lowest BCUT2D eigenvalue weighted by Crippen LogP contribution is -2.35. The Hall–Kier alpha value is -2.99. The monoisotopic (exact) mass is 393 g/mol. The van der Waals surface area contributed by atoms with Crippen LogP contribution in [0.25, 0.3) is 10.6 Å². The normalized spacial score (nSPS) is 10.5. The van der Waals surface area contributed by atoms with Gasteiger partial charge in [-0.2, -0.15) is 0 Å². The fraction of sp³-hybridized carbons (Fsp3) is 0.227. The minimum atomic E-state index is -0.272. The number of hydrogen-bond donors (Lipinski definition) is 1. The molecule has 2 amide bonds. The van der Waals surface area contributed by atoms with Gasteiger partial charge in [-0.05, 0) is 31.0 Å². The van der Waals surface area contributed by atoms with Crippen LogP contribution in [0.3, 0.4) is 0 Å². The smallest absolute Gasteiger partial charge is 0.273 e. The fourth-order valence-corrected chi connectivity index (χ4v) is 3.51. The van der Waals surface area contributed by atoms with E-state index in [9.17, 15) is 9.59 Å². The summed E-state index contributed by atoms with van der Waals surface area (Å²) >= 11 is 1.43. The van der Waals surface area contributed by atoms with Crippen LogP contribution in [-0.2, 0) is 11.2 Å². The van der Waals surface area contributed by atoms with Crippen molar-refractivity contribution >= 4 is 28.8 Å². The van der Waals surface area contributed by atoms with E-state index in [1.807, 2.05) is 43.3 Å². The molecule has 1 heterocycles. The molecule has 0 saturated carbocycles. The maximum atomic E-state index is 12.6. The second-order valence-corrected chi connectivity index (χ2v) is 7.52. The predicted octanol–water partition coefficient (Wildman–Crippen LogP) is 4.39. The SMILES string of the molecule is CCc1ccc(-c2nc(C(=O)N(C)CC(=O)Nc3ccc(C)cc3)cs2)cc1. The molecule has 5 nitrogen and oxygen atoms in total. The first kappa shape index (κ1) is 19.8. The van der Waals surface area contributed by atoms with Gasteiger partial charge in [0, 0.05) is 23.7 Å². The van der Waals surface area contributed by atoms with E-state index >= 15 is 0 Å². The van der Waals surface area contributed by atoms with Gasteiger partial charge < -0.3 is 10.2 Å². The van der Waals surface area contributed by atoms with Crippen molar-refractivity contribution in [1.29, 1.82) is 0 Å². The van der Waals surface area contributed by atoms with Gasteiger partial charge in [0.05, 0.1) is 6.54 Å². The molecule has 0 fully saturated rings. The van der Waals surface area contributed by atoms with Crippen molar-refractivity contribution in [2.45, 2.75) is 20.3 Å². The van der Waals surface area contributed by atoms with E-state index in [-0.39, 0.29) is 18.4 Å². The predicted molar refractivity (Wildman–Crippen MR) is 114 cm³/mol. The maximum absolute atomic E-state index is 12.6. The van der Waals surface area contributed by atoms with E-state index in [0.717, 1.165) is 22.6 Å². The van der Waals surface area contributed by atoms with Crippen LogP contribution < -0.4 is 5.32 Å². The van der Waals surface area contributed by atoms with Gasteiger partial charge in [0.15, 0.2) is 0 Å². The van der Waals surface area contributed by atoms with Crippen LogP contribution in [0.4, 0.5) is 5.69 Å². The molecule has 0 bridgehead atoms. The van der Waals surface area contributed by atoms with Crippen LogP contribution in [0.2, 0.25) is 0 Å². The largest absolute Gasteiger partial charge is 0.331 e. The first-order chi connectivity index (χ1) is 13.5. The van der Waals surface area contributed by atoms with Crippen molar-refractivity contribution in [1.82, 2.24) is 9.88 Å². The summed E-state index contributed by atoms with van der Waals surface area (Å²) in [5.41, 5.74) is 4.43. The van der Waals surface area contributed by atoms with E-state index in [4.69, 9.17) is 0 Å². The Labute approximate surface area is 169 Å². The highest BCUT2D eigenvalue weighted by Gasteiger charge is 2.18. The van der Waals surface area contributed by atoms with Gasteiger partial charge in [-0.1, -0.05) is 48.9 Å². The Balaban J connectivity index is 1.62. The van der Waals surface area contributed by atoms with Crippen molar-refractivity contribution in [3.05, 3.63) is 70.7 Å². The van der Waals surface area contributed by atoms with Crippen LogP contribution in [0.1, 0.15) is 28.5 Å². The fourth-order valence-electron chi connectivity index (χ4n) is 2.71. The summed E-state index contributed by atoms with van der Waals surface area (Å²) in [6, 6.07) is 15.7. The first-order valence-electron chi connectivity index (χ1n) is 9.13. The first-order valence-corrected chi connectivity index (χ1v) is 10.0. The van der Waals surface area contributed by atoms with Crippen LogP contribution in [-0.4, -0.2) is 35.3 Å². The number of benzene rings is 2. The van der Waals surface area contributed by atoms with Gasteiger partial charge in [-0.3, -0.25) is 9.59 Å². The number of carbonyl (C=O) groups excluding carboxylic acids is 2. The Morgan fingerprint density at radius 3 is 2.39 bits per heavy atom. The number of amides is 2. The van der Waals surface area contributed by atoms with Crippen molar-refractivity contribution in [2.75, 3.05) is 18.9 Å². The molecule has 1 N–H and O–H groups in total. The van der Waals surface area contributed by atoms with Gasteiger partial charge in [0.25, 0.3) is 5.91 Å². The number of thiazole rings is 1. The lowest BCUT2D eigenvalue weighted by atomic mass is 10.1. The summed E-state index contributed by atoms with van der Waals surface area (Å²) in [7, 11) is 1.60. The van der Waals surface area contributed by atoms with E-state index in [0.29, 0.717) is 11.4 Å². The van der Waals surface area contributed by atoms with Crippen molar-refractivity contribution in [2.24, 2.45) is 0 Å². The molecule has 3 aromatic rings. The van der Waals surface area contributed by atoms with Crippen molar-refractivity contribution in [3.63, 3.8) is 0 Å². The van der Waals surface area contributed by atoms with Gasteiger partial charge >= 0.3 is 0 Å². The number of rotatable bonds is 6. The quantitative estimate of drug-likeness (QED) is 0.675. The van der Waals surface area contributed by atoms with Crippen molar-refractivity contribution < 1.29 is 9.59 Å². The molecular weight excluding hydrogens is 370 g/mol. The molecule has 0 radical (unpaired) electrons. The van der Waals surface area contributed by atoms with Gasteiger partial charge in [0.1, 0.15) is 10.7 Å². The molecule has 0 atom stereocenters. The second-order valence-electron chi connectivity index (χ2n) is 6.66. The summed E-state index contributed by atoms with van der Waals surface area (Å²) in [5.74, 6) is -0.517. The summed E-state index contributed by atoms with van der Waals surface area (Å²) in [4.78, 5) is 30.7. The van der Waals surface area contributed by atoms with Crippen LogP contribution in [0.15, 0.2) is 53.9 Å². The number of nitrogens with zero attached hydrogens (tertiary/aromatic N) is 2. The Morgan fingerprint density at radius 1 is 1.07 bits per heavy atom. The standard InChI is InChI=1S/C22H23N3O2S/c1-4-16-7-9-17(10-8-16)21-24-19(14-28-21)22(27)25(3)13-20(26)23-18-11-5-15(2)6-12-18/h5-12,14H,4,13H2,1-3H3,(H,23,26). The summed E-state index contributed by atoms with van der Waals surface area (Å²) < 4.78 is 0. The average molecular weight is 394 g/mol. The Kier molecular flexibility index (Phi) is 6.21. The third-order valence-corrected chi connectivity index (χ3v) is 5.29. The molecule has 0 unspecified atom stereocenters. The summed E-state index contributed by atoms with van der Waals surface area (Å²) in [6.45, 7) is 4.06. The van der Waals surface area contributed by atoms with E-state index in [2.05, 4.69) is 29.4 Å². The third kappa shape index (κ3) is 4.84. The van der Waals surface area contributed by atoms with Gasteiger partial charge in [-0.25, -0.2) is 4.98 Å². The maximum Gasteiger partial charge on any atom is 0.273 e. The molecule has 0 spiro atoms. The number of carbonyl (C=O) groups is 2. The van der Waals surface area contributed by atoms with Crippen LogP contribution in [0, 0.1) is 6.92 Å². The zero-order valence-electron chi connectivity index (χ0n) is 16.2. The highest BCUT2D eigenvalue weighted by Crippen LogP contribution is 2.24. The van der Waals surface area contributed by atoms with Crippen LogP contribution >= 0.6 is 11.3 Å². The van der Waals surface area contributed by atoms with Gasteiger partial charge in [0.2, 0.25) is 5.91 Å². The van der Waals surface area contributed by atoms with Crippen molar-refractivity contribution in [3.8, 4) is 10.6 Å². The summed E-state index contributed by atoms with van der Waals surface area (Å²) in [6.07, 6.45) is 0.983. The lowest BCUT2D eigenvalue weighted by Gasteiger charge is -2.15. The number of anilines is 1. The highest BCUT2D eigenvalue weighted by molar-refractivity contribution is 7.13. The number of aromatic nitrogens is 1. The number of likely N-dealkylation sites (N-methyl/N-ethyl adjacent to an activating group) is 1. The van der Waals surface area contributed by atoms with E-state index < -0.39 is 0 Å². The zero-order valence-corrected chi connectivity index (χ0v) is 17.0. The number of hydrogen-bond acceptors (Lipinski definition) is 4. The Bertz CT molecular complexity index is 962. The molecule has 0 aliphatic rings. The molecular formula is C22H23N3O2S. The third-order valence-electron chi connectivity index (χ3n) is 4.40. The topological polar surface area (TPSA) is 62.3 Å². The molecule has 0 saturated heterocycles. The molecule has 1 aromatic heterocycles. The molecule has 0 aliphatic heterocycles. The molecule has 0 aliphatic carbocycles. The zero-order chi connectivity index (χ0) is 20.1. The molecule has 6 heteroatoms. The van der Waals surface area contributed by atoms with E-state index in [1.165, 1.54) is 21.8 Å². The number of nitrogens with one attached hydrogen (secondary N) is 1. The van der Waals surface area contributed by atoms with Crippen LogP contribution in [0.5, 0.6) is 0 Å². The molecule has 144 valence electrons. The molecule has 28 heavy (non-hydrogen) atoms. The molecule has 2 aromatic carbocycles. The summed E-state index contributed by atoms with van der Waals surface area (Å²) in [5, 5.41) is 5.33. The minimum Gasteiger partial charge on any atom is -0.331 e. The Morgan fingerprint density at radius 2 is 1.75 bits per heavy atom. The van der Waals surface area contributed by atoms with Gasteiger partial charge in [-0.15, -0.1) is 11.3 Å².